The van der Waals surface area contributed by atoms with Crippen molar-refractivity contribution in [3.05, 3.63) is 35.9 Å². The number of carbonyl (C=O) groups is 3. The Kier molecular flexibility index (Phi) is 8.81. The third-order valence-electron chi connectivity index (χ3n) is 3.07. The van der Waals surface area contributed by atoms with E-state index >= 15 is 0 Å². The van der Waals surface area contributed by atoms with Gasteiger partial charge in [-0.25, -0.2) is 9.59 Å². The smallest absolute Gasteiger partial charge is 0.411 e. The highest BCUT2D eigenvalue weighted by molar-refractivity contribution is 8.14. The topological polar surface area (TPSA) is 84.9 Å². The van der Waals surface area contributed by atoms with Gasteiger partial charge in [-0.05, 0) is 41.5 Å². The van der Waals surface area contributed by atoms with E-state index in [9.17, 15) is 14.4 Å². The molecule has 0 aliphatic rings. The van der Waals surface area contributed by atoms with Crippen LogP contribution in [0, 0.1) is 0 Å². The predicted octanol–water partition coefficient (Wildman–Crippen LogP) is 4.28. The highest BCUT2D eigenvalue weighted by atomic mass is 32.2. The number of nitrogens with one attached hydrogen (secondary N) is 1. The van der Waals surface area contributed by atoms with Crippen LogP contribution >= 0.6 is 11.8 Å². The van der Waals surface area contributed by atoms with Crippen molar-refractivity contribution >= 4 is 29.1 Å². The number of rotatable bonds is 6. The summed E-state index contributed by atoms with van der Waals surface area (Å²) in [5, 5.41) is 2.47. The molecule has 0 aliphatic carbocycles. The zero-order valence-corrected chi connectivity index (χ0v) is 18.2. The van der Waals surface area contributed by atoms with Gasteiger partial charge in [0, 0.05) is 17.9 Å². The highest BCUT2D eigenvalue weighted by Crippen LogP contribution is 2.14. The molecule has 1 N–H and O–H groups in total. The maximum absolute atomic E-state index is 12.4. The zero-order valence-electron chi connectivity index (χ0n) is 17.4. The molecule has 1 aromatic rings. The van der Waals surface area contributed by atoms with Crippen LogP contribution < -0.4 is 5.32 Å². The largest absolute Gasteiger partial charge is 0.444 e. The molecule has 156 valence electrons. The van der Waals surface area contributed by atoms with E-state index in [0.717, 1.165) is 11.8 Å². The molecule has 0 bridgehead atoms. The minimum absolute atomic E-state index is 0.0789. The van der Waals surface area contributed by atoms with Crippen LogP contribution in [0.4, 0.5) is 9.59 Å². The maximum Gasteiger partial charge on any atom is 0.411 e. The minimum Gasteiger partial charge on any atom is -0.444 e. The first-order valence-electron chi connectivity index (χ1n) is 9.04. The Hall–Kier alpha value is -2.22. The lowest BCUT2D eigenvalue weighted by atomic mass is 10.2. The maximum atomic E-state index is 12.4. The Bertz CT molecular complexity index is 665. The van der Waals surface area contributed by atoms with E-state index in [1.807, 2.05) is 6.07 Å². The van der Waals surface area contributed by atoms with E-state index in [1.54, 1.807) is 65.8 Å². The van der Waals surface area contributed by atoms with Crippen molar-refractivity contribution in [2.24, 2.45) is 0 Å². The van der Waals surface area contributed by atoms with E-state index in [4.69, 9.17) is 9.47 Å². The molecule has 0 saturated carbocycles. The highest BCUT2D eigenvalue weighted by Gasteiger charge is 2.24. The van der Waals surface area contributed by atoms with Crippen LogP contribution in [0.5, 0.6) is 0 Å². The first kappa shape index (κ1) is 23.8. The van der Waals surface area contributed by atoms with Crippen molar-refractivity contribution in [1.29, 1.82) is 0 Å². The Morgan fingerprint density at radius 2 is 1.54 bits per heavy atom. The summed E-state index contributed by atoms with van der Waals surface area (Å²) in [6, 6.07) is 8.92. The van der Waals surface area contributed by atoms with Crippen molar-refractivity contribution in [1.82, 2.24) is 10.2 Å². The lowest BCUT2D eigenvalue weighted by Gasteiger charge is -2.28. The second-order valence-electron chi connectivity index (χ2n) is 8.08. The predicted molar refractivity (Wildman–Crippen MR) is 110 cm³/mol. The molecule has 0 radical (unpaired) electrons. The Morgan fingerprint density at radius 1 is 0.964 bits per heavy atom. The molecule has 0 atom stereocenters. The molecule has 28 heavy (non-hydrogen) atoms. The van der Waals surface area contributed by atoms with E-state index in [1.165, 1.54) is 4.90 Å². The van der Waals surface area contributed by atoms with Crippen LogP contribution in [0.25, 0.3) is 0 Å². The average Bonchev–Trinajstić information content (AvgIpc) is 2.55. The summed E-state index contributed by atoms with van der Waals surface area (Å²) in [6.45, 7) is 10.7. The number of thioether (sulfide) groups is 1. The van der Waals surface area contributed by atoms with Crippen LogP contribution in [0.15, 0.2) is 30.3 Å². The number of amides is 2. The SMILES string of the molecule is CC(C)(C)OC(=O)NCN(CCSC(=O)c1ccccc1)C(=O)OC(C)(C)C. The van der Waals surface area contributed by atoms with E-state index < -0.39 is 23.4 Å². The number of alkyl carbamates (subject to hydrolysis) is 1. The molecule has 0 fully saturated rings. The normalized spacial score (nSPS) is 11.5. The van der Waals surface area contributed by atoms with Crippen LogP contribution in [-0.4, -0.2) is 52.4 Å². The van der Waals surface area contributed by atoms with E-state index in [2.05, 4.69) is 5.32 Å². The fraction of sp³-hybridized carbons (Fsp3) is 0.550. The molecular formula is C20H30N2O5S. The third-order valence-corrected chi connectivity index (χ3v) is 3.95. The van der Waals surface area contributed by atoms with Crippen LogP contribution in [-0.2, 0) is 9.47 Å². The number of carbonyl (C=O) groups excluding carboxylic acids is 3. The van der Waals surface area contributed by atoms with Crippen molar-refractivity contribution in [2.75, 3.05) is 19.0 Å². The zero-order chi connectivity index (χ0) is 21.4. The van der Waals surface area contributed by atoms with Gasteiger partial charge in [-0.2, -0.15) is 0 Å². The van der Waals surface area contributed by atoms with Gasteiger partial charge in [0.05, 0.1) is 6.67 Å². The summed E-state index contributed by atoms with van der Waals surface area (Å²) in [4.78, 5) is 37.8. The standard InChI is InChI=1S/C20H30N2O5S/c1-19(2,3)26-17(24)21-14-22(18(25)27-20(4,5)6)12-13-28-16(23)15-10-8-7-9-11-15/h7-11H,12-14H2,1-6H3,(H,21,24). The summed E-state index contributed by atoms with van der Waals surface area (Å²) in [5.41, 5.74) is -0.712. The molecular weight excluding hydrogens is 380 g/mol. The summed E-state index contributed by atoms with van der Waals surface area (Å²) in [6.07, 6.45) is -1.20. The van der Waals surface area contributed by atoms with Crippen LogP contribution in [0.2, 0.25) is 0 Å². The quantitative estimate of drug-likeness (QED) is 0.705. The molecule has 7 nitrogen and oxygen atoms in total. The van der Waals surface area contributed by atoms with Crippen molar-refractivity contribution in [2.45, 2.75) is 52.7 Å². The molecule has 0 aliphatic heterocycles. The monoisotopic (exact) mass is 410 g/mol. The Morgan fingerprint density at radius 3 is 2.07 bits per heavy atom. The lowest BCUT2D eigenvalue weighted by Crippen LogP contribution is -2.45. The molecule has 1 rings (SSSR count). The van der Waals surface area contributed by atoms with E-state index in [-0.39, 0.29) is 18.3 Å². The van der Waals surface area contributed by atoms with E-state index in [0.29, 0.717) is 11.3 Å². The Balaban J connectivity index is 2.63. The minimum atomic E-state index is -0.672. The fourth-order valence-electron chi connectivity index (χ4n) is 1.94. The van der Waals surface area contributed by atoms with Crippen molar-refractivity contribution < 1.29 is 23.9 Å². The Labute approximate surface area is 171 Å². The van der Waals surface area contributed by atoms with Gasteiger partial charge in [0.25, 0.3) is 0 Å². The summed E-state index contributed by atoms with van der Waals surface area (Å²) in [5.74, 6) is 0.364. The first-order chi connectivity index (χ1) is 12.9. The van der Waals surface area contributed by atoms with Gasteiger partial charge in [-0.3, -0.25) is 9.69 Å². The molecule has 1 aromatic carbocycles. The molecule has 0 aromatic heterocycles. The van der Waals surface area contributed by atoms with Gasteiger partial charge in [-0.1, -0.05) is 42.1 Å². The number of ether oxygens (including phenoxy) is 2. The van der Waals surface area contributed by atoms with Gasteiger partial charge in [0.15, 0.2) is 0 Å². The lowest BCUT2D eigenvalue weighted by molar-refractivity contribution is 0.0220. The molecule has 2 amide bonds. The van der Waals surface area contributed by atoms with Gasteiger partial charge in [0.1, 0.15) is 11.2 Å². The number of hydrogen-bond donors (Lipinski definition) is 1. The van der Waals surface area contributed by atoms with Gasteiger partial charge in [-0.15, -0.1) is 0 Å². The van der Waals surface area contributed by atoms with Crippen molar-refractivity contribution in [3.8, 4) is 0 Å². The molecule has 0 spiro atoms. The molecule has 0 saturated heterocycles. The average molecular weight is 411 g/mol. The number of benzene rings is 1. The summed E-state index contributed by atoms with van der Waals surface area (Å²) in [7, 11) is 0. The molecule has 0 heterocycles. The van der Waals surface area contributed by atoms with Gasteiger partial charge < -0.3 is 14.8 Å². The number of nitrogens with zero attached hydrogens (tertiary/aromatic N) is 1. The number of hydrogen-bond acceptors (Lipinski definition) is 6. The van der Waals surface area contributed by atoms with Crippen LogP contribution in [0.3, 0.4) is 0 Å². The third kappa shape index (κ3) is 10.2. The van der Waals surface area contributed by atoms with Crippen LogP contribution in [0.1, 0.15) is 51.9 Å². The second-order valence-corrected chi connectivity index (χ2v) is 9.15. The fourth-order valence-corrected chi connectivity index (χ4v) is 2.74. The van der Waals surface area contributed by atoms with Gasteiger partial charge >= 0.3 is 12.2 Å². The molecule has 8 heteroatoms. The first-order valence-corrected chi connectivity index (χ1v) is 10.0. The molecule has 0 unspecified atom stereocenters. The van der Waals surface area contributed by atoms with Gasteiger partial charge in [0.2, 0.25) is 5.12 Å². The van der Waals surface area contributed by atoms with Crippen molar-refractivity contribution in [3.63, 3.8) is 0 Å². The summed E-state index contributed by atoms with van der Waals surface area (Å²) < 4.78 is 10.6. The second kappa shape index (κ2) is 10.4. The summed E-state index contributed by atoms with van der Waals surface area (Å²) >= 11 is 1.11.